The first-order valence-corrected chi connectivity index (χ1v) is 6.03. The van der Waals surface area contributed by atoms with Gasteiger partial charge in [-0.3, -0.25) is 4.79 Å². The first-order chi connectivity index (χ1) is 8.56. The Bertz CT molecular complexity index is 793. The van der Waals surface area contributed by atoms with Gasteiger partial charge in [0.15, 0.2) is 0 Å². The zero-order chi connectivity index (χ0) is 12.9. The van der Waals surface area contributed by atoms with Crippen molar-refractivity contribution >= 4 is 49.5 Å². The molecular weight excluding hydrogens is 296 g/mol. The number of hydrogen-bond acceptors (Lipinski definition) is 3. The summed E-state index contributed by atoms with van der Waals surface area (Å²) in [4.78, 5) is 18.9. The number of H-pyrrole nitrogens is 1. The molecule has 3 aromatic rings. The largest absolute Gasteiger partial charge is 0.399 e. The van der Waals surface area contributed by atoms with Crippen molar-refractivity contribution in [2.24, 2.45) is 5.73 Å². The number of primary amides is 1. The van der Waals surface area contributed by atoms with Gasteiger partial charge in [-0.05, 0) is 40.2 Å². The van der Waals surface area contributed by atoms with E-state index in [9.17, 15) is 4.79 Å². The molecule has 0 aliphatic rings. The summed E-state index contributed by atoms with van der Waals surface area (Å²) in [6.07, 6.45) is 0. The molecule has 0 fully saturated rings. The highest BCUT2D eigenvalue weighted by Gasteiger charge is 2.14. The van der Waals surface area contributed by atoms with Crippen LogP contribution in [-0.2, 0) is 0 Å². The maximum atomic E-state index is 11.4. The lowest BCUT2D eigenvalue weighted by molar-refractivity contribution is 0.100. The van der Waals surface area contributed by atoms with E-state index in [0.717, 1.165) is 10.9 Å². The standard InChI is InChI=1S/C12H9BrN4O/c13-9-4-7(12(15)18)11-10(17-9)6-2-1-5(14)3-8(6)16-11/h1-4,16H,14H2,(H2,15,18). The van der Waals surface area contributed by atoms with Gasteiger partial charge in [-0.15, -0.1) is 0 Å². The van der Waals surface area contributed by atoms with Crippen LogP contribution in [0.5, 0.6) is 0 Å². The van der Waals surface area contributed by atoms with Gasteiger partial charge in [0.05, 0.1) is 22.1 Å². The van der Waals surface area contributed by atoms with E-state index < -0.39 is 5.91 Å². The fourth-order valence-electron chi connectivity index (χ4n) is 2.04. The van der Waals surface area contributed by atoms with E-state index in [0.29, 0.717) is 26.9 Å². The van der Waals surface area contributed by atoms with Crippen molar-refractivity contribution in [3.8, 4) is 0 Å². The molecule has 0 spiro atoms. The van der Waals surface area contributed by atoms with Gasteiger partial charge in [-0.1, -0.05) is 0 Å². The minimum atomic E-state index is -0.498. The number of halogens is 1. The number of pyridine rings is 1. The van der Waals surface area contributed by atoms with Crippen LogP contribution in [0.15, 0.2) is 28.9 Å². The van der Waals surface area contributed by atoms with Crippen LogP contribution in [0.1, 0.15) is 10.4 Å². The molecule has 6 heteroatoms. The molecule has 5 N–H and O–H groups in total. The van der Waals surface area contributed by atoms with Crippen LogP contribution in [0.4, 0.5) is 5.69 Å². The molecule has 0 atom stereocenters. The summed E-state index contributed by atoms with van der Waals surface area (Å²) in [5.41, 5.74) is 14.3. The van der Waals surface area contributed by atoms with E-state index >= 15 is 0 Å². The van der Waals surface area contributed by atoms with Crippen molar-refractivity contribution in [3.05, 3.63) is 34.4 Å². The van der Waals surface area contributed by atoms with Crippen molar-refractivity contribution in [1.82, 2.24) is 9.97 Å². The SMILES string of the molecule is NC(=O)c1cc(Br)nc2c1[nH]c1cc(N)ccc12. The number of hydrogen-bond donors (Lipinski definition) is 3. The molecule has 18 heavy (non-hydrogen) atoms. The number of aromatic nitrogens is 2. The number of rotatable bonds is 1. The van der Waals surface area contributed by atoms with Crippen LogP contribution in [0.25, 0.3) is 21.9 Å². The third-order valence-electron chi connectivity index (χ3n) is 2.81. The number of nitrogens with two attached hydrogens (primary N) is 2. The highest BCUT2D eigenvalue weighted by molar-refractivity contribution is 9.10. The van der Waals surface area contributed by atoms with E-state index in [1.165, 1.54) is 0 Å². The molecule has 2 heterocycles. The number of aromatic amines is 1. The second-order valence-corrected chi connectivity index (χ2v) is 4.82. The predicted octanol–water partition coefficient (Wildman–Crippen LogP) is 2.16. The van der Waals surface area contributed by atoms with Gasteiger partial charge in [0.25, 0.3) is 5.91 Å². The van der Waals surface area contributed by atoms with Crippen LogP contribution in [0.3, 0.4) is 0 Å². The smallest absolute Gasteiger partial charge is 0.250 e. The highest BCUT2D eigenvalue weighted by Crippen LogP contribution is 2.29. The number of amides is 1. The zero-order valence-corrected chi connectivity index (χ0v) is 10.8. The van der Waals surface area contributed by atoms with Gasteiger partial charge < -0.3 is 16.5 Å². The molecule has 0 bridgehead atoms. The molecule has 0 radical (unpaired) electrons. The number of nitrogens with one attached hydrogen (secondary N) is 1. The Morgan fingerprint density at radius 2 is 2.11 bits per heavy atom. The average molecular weight is 305 g/mol. The normalized spacial score (nSPS) is 11.2. The minimum Gasteiger partial charge on any atom is -0.399 e. The summed E-state index contributed by atoms with van der Waals surface area (Å²) in [6.45, 7) is 0. The summed E-state index contributed by atoms with van der Waals surface area (Å²) >= 11 is 3.28. The molecular formula is C12H9BrN4O. The van der Waals surface area contributed by atoms with Crippen LogP contribution in [-0.4, -0.2) is 15.9 Å². The van der Waals surface area contributed by atoms with Gasteiger partial charge in [-0.25, -0.2) is 4.98 Å². The van der Waals surface area contributed by atoms with Gasteiger partial charge in [0, 0.05) is 11.1 Å². The first-order valence-electron chi connectivity index (χ1n) is 5.23. The first kappa shape index (κ1) is 11.0. The van der Waals surface area contributed by atoms with Crippen molar-refractivity contribution in [1.29, 1.82) is 0 Å². The Hall–Kier alpha value is -2.08. The molecule has 1 aromatic carbocycles. The Balaban J connectivity index is 2.52. The lowest BCUT2D eigenvalue weighted by Gasteiger charge is -1.99. The van der Waals surface area contributed by atoms with Crippen molar-refractivity contribution in [2.75, 3.05) is 5.73 Å². The lowest BCUT2D eigenvalue weighted by Crippen LogP contribution is -2.11. The topological polar surface area (TPSA) is 97.8 Å². The monoisotopic (exact) mass is 304 g/mol. The van der Waals surface area contributed by atoms with Crippen LogP contribution in [0, 0.1) is 0 Å². The number of fused-ring (bicyclic) bond motifs is 3. The predicted molar refractivity (Wildman–Crippen MR) is 74.2 cm³/mol. The Morgan fingerprint density at radius 3 is 2.83 bits per heavy atom. The Morgan fingerprint density at radius 1 is 1.33 bits per heavy atom. The molecule has 0 saturated carbocycles. The van der Waals surface area contributed by atoms with Gasteiger partial charge in [-0.2, -0.15) is 0 Å². The molecule has 0 aliphatic heterocycles. The Labute approximate surface area is 110 Å². The number of carbonyl (C=O) groups excluding carboxylic acids is 1. The number of carbonyl (C=O) groups is 1. The van der Waals surface area contributed by atoms with Gasteiger partial charge in [0.2, 0.25) is 0 Å². The maximum absolute atomic E-state index is 11.4. The fourth-order valence-corrected chi connectivity index (χ4v) is 2.44. The molecule has 0 unspecified atom stereocenters. The molecule has 1 amide bonds. The van der Waals surface area contributed by atoms with E-state index in [-0.39, 0.29) is 0 Å². The van der Waals surface area contributed by atoms with E-state index in [4.69, 9.17) is 11.5 Å². The second-order valence-electron chi connectivity index (χ2n) is 4.01. The van der Waals surface area contributed by atoms with Crippen molar-refractivity contribution in [2.45, 2.75) is 0 Å². The third-order valence-corrected chi connectivity index (χ3v) is 3.22. The molecule has 90 valence electrons. The number of benzene rings is 1. The second kappa shape index (κ2) is 3.71. The third kappa shape index (κ3) is 1.53. The molecule has 0 aliphatic carbocycles. The van der Waals surface area contributed by atoms with E-state index in [1.54, 1.807) is 18.2 Å². The molecule has 3 rings (SSSR count). The maximum Gasteiger partial charge on any atom is 0.250 e. The summed E-state index contributed by atoms with van der Waals surface area (Å²) in [5.74, 6) is -0.498. The fraction of sp³-hybridized carbons (Fsp3) is 0. The van der Waals surface area contributed by atoms with E-state index in [1.807, 2.05) is 6.07 Å². The summed E-state index contributed by atoms with van der Waals surface area (Å²) in [6, 6.07) is 7.06. The summed E-state index contributed by atoms with van der Waals surface area (Å²) < 4.78 is 0.571. The molecule has 0 saturated heterocycles. The summed E-state index contributed by atoms with van der Waals surface area (Å²) in [7, 11) is 0. The molecule has 5 nitrogen and oxygen atoms in total. The number of nitrogens with zero attached hydrogens (tertiary/aromatic N) is 1. The Kier molecular flexibility index (Phi) is 2.27. The van der Waals surface area contributed by atoms with E-state index in [2.05, 4.69) is 25.9 Å². The molecule has 2 aromatic heterocycles. The van der Waals surface area contributed by atoms with Gasteiger partial charge in [0.1, 0.15) is 4.60 Å². The highest BCUT2D eigenvalue weighted by atomic mass is 79.9. The van der Waals surface area contributed by atoms with Crippen LogP contribution in [0.2, 0.25) is 0 Å². The van der Waals surface area contributed by atoms with Crippen molar-refractivity contribution < 1.29 is 4.79 Å². The minimum absolute atomic E-state index is 0.404. The van der Waals surface area contributed by atoms with Gasteiger partial charge >= 0.3 is 0 Å². The van der Waals surface area contributed by atoms with Crippen LogP contribution >= 0.6 is 15.9 Å². The van der Waals surface area contributed by atoms with Crippen molar-refractivity contribution in [3.63, 3.8) is 0 Å². The summed E-state index contributed by atoms with van der Waals surface area (Å²) in [5, 5.41) is 0.906. The zero-order valence-electron chi connectivity index (χ0n) is 9.20. The number of nitrogen functional groups attached to an aromatic ring is 1. The quantitative estimate of drug-likeness (QED) is 0.474. The van der Waals surface area contributed by atoms with Crippen LogP contribution < -0.4 is 11.5 Å². The number of anilines is 1. The average Bonchev–Trinajstić information content (AvgIpc) is 2.65. The lowest BCUT2D eigenvalue weighted by atomic mass is 10.2.